The number of aromatic nitrogens is 1. The van der Waals surface area contributed by atoms with E-state index in [0.717, 1.165) is 27.6 Å². The first-order chi connectivity index (χ1) is 15.4. The van der Waals surface area contributed by atoms with Crippen molar-refractivity contribution in [3.63, 3.8) is 0 Å². The van der Waals surface area contributed by atoms with Crippen LogP contribution in [-0.2, 0) is 7.05 Å². The molecular formula is C27H26N2O3. The van der Waals surface area contributed by atoms with Gasteiger partial charge in [0.15, 0.2) is 0 Å². The number of aryl methyl sites for hydroxylation is 2. The number of benzene rings is 3. The Labute approximate surface area is 187 Å². The summed E-state index contributed by atoms with van der Waals surface area (Å²) in [6, 6.07) is 20.9. The van der Waals surface area contributed by atoms with Gasteiger partial charge in [-0.3, -0.25) is 9.59 Å². The fourth-order valence-electron chi connectivity index (χ4n) is 4.35. The molecule has 0 unspecified atom stereocenters. The Hall–Kier alpha value is -3.86. The van der Waals surface area contributed by atoms with Gasteiger partial charge in [-0.05, 0) is 54.1 Å². The summed E-state index contributed by atoms with van der Waals surface area (Å²) in [5.41, 5.74) is 4.60. The summed E-state index contributed by atoms with van der Waals surface area (Å²) < 4.78 is 6.94. The van der Waals surface area contributed by atoms with Crippen LogP contribution in [-0.4, -0.2) is 24.6 Å². The SMILES string of the molecule is COc1ccccc1N(C)C(=O)c1c(-c2c(C)cccc2C)c2ccccc2c(=O)n1C. The van der Waals surface area contributed by atoms with Crippen LogP contribution < -0.4 is 15.2 Å². The van der Waals surface area contributed by atoms with E-state index in [9.17, 15) is 9.59 Å². The van der Waals surface area contributed by atoms with Crippen LogP contribution in [0.25, 0.3) is 21.9 Å². The van der Waals surface area contributed by atoms with Gasteiger partial charge in [0.25, 0.3) is 11.5 Å². The van der Waals surface area contributed by atoms with Gasteiger partial charge in [0.2, 0.25) is 0 Å². The summed E-state index contributed by atoms with van der Waals surface area (Å²) in [5, 5.41) is 1.36. The standard InChI is InChI=1S/C27H26N2O3/c1-17-11-10-12-18(2)23(17)24-19-13-6-7-14-20(19)26(30)29(4)25(24)27(31)28(3)21-15-8-9-16-22(21)32-5/h6-16H,1-5H3. The molecule has 0 bridgehead atoms. The van der Waals surface area contributed by atoms with Crippen molar-refractivity contribution in [2.24, 2.45) is 7.05 Å². The number of hydrogen-bond donors (Lipinski definition) is 0. The van der Waals surface area contributed by atoms with Crippen LogP contribution in [0.4, 0.5) is 5.69 Å². The molecule has 0 spiro atoms. The second-order valence-electron chi connectivity index (χ2n) is 7.94. The quantitative estimate of drug-likeness (QED) is 0.456. The molecule has 1 aromatic heterocycles. The molecule has 1 heterocycles. The lowest BCUT2D eigenvalue weighted by atomic mass is 9.90. The van der Waals surface area contributed by atoms with E-state index in [1.807, 2.05) is 80.6 Å². The van der Waals surface area contributed by atoms with Gasteiger partial charge in [-0.25, -0.2) is 0 Å². The van der Waals surface area contributed by atoms with Crippen molar-refractivity contribution in [1.29, 1.82) is 0 Å². The molecule has 5 nitrogen and oxygen atoms in total. The molecule has 0 aliphatic rings. The lowest BCUT2D eigenvalue weighted by Gasteiger charge is -2.25. The lowest BCUT2D eigenvalue weighted by molar-refractivity contribution is 0.0984. The number of para-hydroxylation sites is 2. The monoisotopic (exact) mass is 426 g/mol. The van der Waals surface area contributed by atoms with Gasteiger partial charge in [-0.15, -0.1) is 0 Å². The molecule has 4 rings (SSSR count). The number of carbonyl (C=O) groups excluding carboxylic acids is 1. The third-order valence-corrected chi connectivity index (χ3v) is 5.99. The van der Waals surface area contributed by atoms with Gasteiger partial charge in [-0.2, -0.15) is 0 Å². The number of ether oxygens (including phenoxy) is 1. The second-order valence-corrected chi connectivity index (χ2v) is 7.94. The van der Waals surface area contributed by atoms with E-state index in [0.29, 0.717) is 22.5 Å². The van der Waals surface area contributed by atoms with Gasteiger partial charge in [0.1, 0.15) is 11.4 Å². The van der Waals surface area contributed by atoms with Crippen molar-refractivity contribution in [2.75, 3.05) is 19.1 Å². The number of rotatable bonds is 4. The topological polar surface area (TPSA) is 51.5 Å². The van der Waals surface area contributed by atoms with E-state index in [-0.39, 0.29) is 11.5 Å². The fraction of sp³-hybridized carbons (Fsp3) is 0.185. The van der Waals surface area contributed by atoms with Crippen LogP contribution in [0, 0.1) is 13.8 Å². The molecule has 162 valence electrons. The molecule has 0 radical (unpaired) electrons. The van der Waals surface area contributed by atoms with E-state index >= 15 is 0 Å². The molecule has 4 aromatic rings. The number of amides is 1. The highest BCUT2D eigenvalue weighted by atomic mass is 16.5. The predicted octanol–water partition coefficient (Wildman–Crippen LogP) is 5.11. The Morgan fingerprint density at radius 3 is 2.09 bits per heavy atom. The van der Waals surface area contributed by atoms with E-state index in [1.54, 1.807) is 26.1 Å². The van der Waals surface area contributed by atoms with Gasteiger partial charge < -0.3 is 14.2 Å². The highest BCUT2D eigenvalue weighted by Gasteiger charge is 2.27. The zero-order chi connectivity index (χ0) is 23.0. The Bertz CT molecular complexity index is 1380. The third kappa shape index (κ3) is 3.36. The second kappa shape index (κ2) is 8.35. The number of anilines is 1. The number of hydrogen-bond acceptors (Lipinski definition) is 3. The minimum atomic E-state index is -0.280. The molecule has 1 amide bonds. The number of pyridine rings is 1. The van der Waals surface area contributed by atoms with Crippen LogP contribution in [0.2, 0.25) is 0 Å². The molecule has 32 heavy (non-hydrogen) atoms. The van der Waals surface area contributed by atoms with Crippen molar-refractivity contribution >= 4 is 22.4 Å². The first-order valence-corrected chi connectivity index (χ1v) is 10.5. The van der Waals surface area contributed by atoms with E-state index < -0.39 is 0 Å². The Morgan fingerprint density at radius 1 is 0.844 bits per heavy atom. The molecule has 0 N–H and O–H groups in total. The first-order valence-electron chi connectivity index (χ1n) is 10.5. The first kappa shape index (κ1) is 21.4. The van der Waals surface area contributed by atoms with Crippen molar-refractivity contribution in [2.45, 2.75) is 13.8 Å². The maximum absolute atomic E-state index is 14.0. The Balaban J connectivity index is 2.09. The lowest BCUT2D eigenvalue weighted by Crippen LogP contribution is -2.34. The Kier molecular flexibility index (Phi) is 5.57. The number of carbonyl (C=O) groups is 1. The molecule has 0 atom stereocenters. The van der Waals surface area contributed by atoms with Gasteiger partial charge >= 0.3 is 0 Å². The van der Waals surface area contributed by atoms with Crippen molar-refractivity contribution in [3.05, 3.63) is 93.9 Å². The minimum absolute atomic E-state index is 0.202. The molecule has 5 heteroatoms. The van der Waals surface area contributed by atoms with Crippen LogP contribution in [0.15, 0.2) is 71.5 Å². The Morgan fingerprint density at radius 2 is 1.44 bits per heavy atom. The van der Waals surface area contributed by atoms with Crippen LogP contribution in [0.3, 0.4) is 0 Å². The maximum Gasteiger partial charge on any atom is 0.275 e. The maximum atomic E-state index is 14.0. The molecule has 0 saturated heterocycles. The zero-order valence-electron chi connectivity index (χ0n) is 19.0. The molecule has 0 fully saturated rings. The molecular weight excluding hydrogens is 400 g/mol. The van der Waals surface area contributed by atoms with Gasteiger partial charge in [0.05, 0.1) is 12.8 Å². The molecule has 0 saturated carbocycles. The highest BCUT2D eigenvalue weighted by Crippen LogP contribution is 2.36. The summed E-state index contributed by atoms with van der Waals surface area (Å²) in [4.78, 5) is 28.8. The van der Waals surface area contributed by atoms with Crippen molar-refractivity contribution < 1.29 is 9.53 Å². The van der Waals surface area contributed by atoms with Gasteiger partial charge in [0, 0.05) is 25.0 Å². The number of nitrogens with zero attached hydrogens (tertiary/aromatic N) is 2. The molecule has 0 aliphatic carbocycles. The fourth-order valence-corrected chi connectivity index (χ4v) is 4.35. The number of methoxy groups -OCH3 is 1. The minimum Gasteiger partial charge on any atom is -0.495 e. The largest absolute Gasteiger partial charge is 0.495 e. The average Bonchev–Trinajstić information content (AvgIpc) is 2.81. The number of fused-ring (bicyclic) bond motifs is 1. The predicted molar refractivity (Wildman–Crippen MR) is 130 cm³/mol. The zero-order valence-corrected chi connectivity index (χ0v) is 19.0. The van der Waals surface area contributed by atoms with Crippen molar-refractivity contribution in [3.8, 4) is 16.9 Å². The smallest absolute Gasteiger partial charge is 0.275 e. The summed E-state index contributed by atoms with van der Waals surface area (Å²) in [6.07, 6.45) is 0. The summed E-state index contributed by atoms with van der Waals surface area (Å²) >= 11 is 0. The summed E-state index contributed by atoms with van der Waals surface area (Å²) in [7, 11) is 4.94. The van der Waals surface area contributed by atoms with Gasteiger partial charge in [-0.1, -0.05) is 48.5 Å². The third-order valence-electron chi connectivity index (χ3n) is 5.99. The van der Waals surface area contributed by atoms with E-state index in [1.165, 1.54) is 4.57 Å². The van der Waals surface area contributed by atoms with Crippen LogP contribution >= 0.6 is 0 Å². The average molecular weight is 427 g/mol. The molecule has 3 aromatic carbocycles. The highest BCUT2D eigenvalue weighted by molar-refractivity contribution is 6.14. The van der Waals surface area contributed by atoms with Crippen LogP contribution in [0.1, 0.15) is 21.6 Å². The van der Waals surface area contributed by atoms with Crippen LogP contribution in [0.5, 0.6) is 5.75 Å². The van der Waals surface area contributed by atoms with Crippen molar-refractivity contribution in [1.82, 2.24) is 4.57 Å². The molecule has 0 aliphatic heterocycles. The van der Waals surface area contributed by atoms with E-state index in [4.69, 9.17) is 4.74 Å². The normalized spacial score (nSPS) is 10.9. The summed E-state index contributed by atoms with van der Waals surface area (Å²) in [5.74, 6) is 0.306. The summed E-state index contributed by atoms with van der Waals surface area (Å²) in [6.45, 7) is 4.06. The van der Waals surface area contributed by atoms with E-state index in [2.05, 4.69) is 0 Å².